The summed E-state index contributed by atoms with van der Waals surface area (Å²) in [6.45, 7) is 7.88. The van der Waals surface area contributed by atoms with Gasteiger partial charge in [-0.1, -0.05) is 20.4 Å². The molecule has 2 aliphatic carbocycles. The fraction of sp³-hybridized carbons (Fsp3) is 0.556. The van der Waals surface area contributed by atoms with Crippen molar-refractivity contribution < 1.29 is 14.3 Å². The van der Waals surface area contributed by atoms with Crippen LogP contribution in [0, 0.1) is 5.41 Å². The van der Waals surface area contributed by atoms with E-state index in [1.165, 1.54) is 31.8 Å². The zero-order chi connectivity index (χ0) is 16.9. The average Bonchev–Trinajstić information content (AvgIpc) is 3.34. The van der Waals surface area contributed by atoms with Crippen molar-refractivity contribution in [2.45, 2.75) is 52.2 Å². The van der Waals surface area contributed by atoms with Gasteiger partial charge in [-0.3, -0.25) is 4.79 Å². The molecule has 5 nitrogen and oxygen atoms in total. The molecular weight excluding hydrogens is 292 g/mol. The fourth-order valence-electron chi connectivity index (χ4n) is 2.86. The van der Waals surface area contributed by atoms with Gasteiger partial charge in [0.2, 0.25) is 11.8 Å². The molecule has 23 heavy (non-hydrogen) atoms. The molecule has 0 saturated heterocycles. The Hall–Kier alpha value is -1.88. The predicted molar refractivity (Wildman–Crippen MR) is 90.4 cm³/mol. The van der Waals surface area contributed by atoms with Crippen LogP contribution >= 0.6 is 0 Å². The minimum absolute atomic E-state index is 0.261. The molecule has 126 valence electrons. The van der Waals surface area contributed by atoms with E-state index in [4.69, 9.17) is 9.47 Å². The third-order valence-corrected chi connectivity index (χ3v) is 4.32. The van der Waals surface area contributed by atoms with Crippen LogP contribution in [0.2, 0.25) is 0 Å². The minimum Gasteiger partial charge on any atom is -0.481 e. The van der Waals surface area contributed by atoms with Gasteiger partial charge in [0, 0.05) is 5.56 Å². The maximum Gasteiger partial charge on any atom is 0.247 e. The highest BCUT2D eigenvalue weighted by molar-refractivity contribution is 5.98. The number of hydrogen-bond acceptors (Lipinski definition) is 4. The van der Waals surface area contributed by atoms with Crippen LogP contribution in [0.25, 0.3) is 0 Å². The number of nitrogens with zero attached hydrogens (tertiary/aromatic N) is 1. The van der Waals surface area contributed by atoms with Gasteiger partial charge in [-0.25, -0.2) is 4.98 Å². The van der Waals surface area contributed by atoms with Gasteiger partial charge in [0.1, 0.15) is 0 Å². The first kappa shape index (κ1) is 17.5. The largest absolute Gasteiger partial charge is 0.481 e. The van der Waals surface area contributed by atoms with E-state index in [1.807, 2.05) is 19.9 Å². The maximum absolute atomic E-state index is 11.3. The van der Waals surface area contributed by atoms with Gasteiger partial charge < -0.3 is 14.8 Å². The Kier molecular flexibility index (Phi) is 5.77. The first-order valence-corrected chi connectivity index (χ1v) is 8.22. The van der Waals surface area contributed by atoms with E-state index in [0.717, 1.165) is 5.56 Å². The van der Waals surface area contributed by atoms with Crippen LogP contribution in [0.4, 0.5) is 5.69 Å². The van der Waals surface area contributed by atoms with Gasteiger partial charge in [0.25, 0.3) is 0 Å². The second-order valence-corrected chi connectivity index (χ2v) is 5.93. The monoisotopic (exact) mass is 318 g/mol. The lowest BCUT2D eigenvalue weighted by Crippen LogP contribution is -2.32. The number of ether oxygens (including phenoxy) is 2. The number of hydrogen-bond donors (Lipinski definition) is 1. The molecule has 0 aliphatic heterocycles. The van der Waals surface area contributed by atoms with Crippen LogP contribution in [-0.4, -0.2) is 24.1 Å². The fourth-order valence-corrected chi connectivity index (χ4v) is 2.86. The number of nitrogens with one attached hydrogen (secondary N) is 1. The van der Waals surface area contributed by atoms with Crippen molar-refractivity contribution in [1.82, 2.24) is 4.98 Å². The lowest BCUT2D eigenvalue weighted by molar-refractivity contribution is -0.111. The predicted octanol–water partition coefficient (Wildman–Crippen LogP) is 3.70. The third-order valence-electron chi connectivity index (χ3n) is 4.32. The SMILES string of the molecule is C=CC(=O)Nc1cnc(OC)c(COC2CC3(CC3)C2)c1.CC. The van der Waals surface area contributed by atoms with Gasteiger partial charge in [-0.2, -0.15) is 0 Å². The number of aromatic nitrogens is 1. The van der Waals surface area contributed by atoms with E-state index in [-0.39, 0.29) is 5.91 Å². The van der Waals surface area contributed by atoms with Gasteiger partial charge in [-0.15, -0.1) is 0 Å². The average molecular weight is 318 g/mol. The molecule has 1 N–H and O–H groups in total. The summed E-state index contributed by atoms with van der Waals surface area (Å²) in [6.07, 6.45) is 8.21. The summed E-state index contributed by atoms with van der Waals surface area (Å²) >= 11 is 0. The van der Waals surface area contributed by atoms with Gasteiger partial charge in [0.05, 0.1) is 31.7 Å². The highest BCUT2D eigenvalue weighted by Gasteiger charge is 2.53. The second kappa shape index (κ2) is 7.59. The van der Waals surface area contributed by atoms with Crippen molar-refractivity contribution in [1.29, 1.82) is 0 Å². The van der Waals surface area contributed by atoms with Crippen LogP contribution in [0.5, 0.6) is 5.88 Å². The van der Waals surface area contributed by atoms with Crippen molar-refractivity contribution >= 4 is 11.6 Å². The molecule has 1 amide bonds. The molecule has 0 radical (unpaired) electrons. The number of methoxy groups -OCH3 is 1. The standard InChI is InChI=1S/C16H20N2O3.C2H6/c1-3-14(19)18-12-6-11(15(20-2)17-9-12)10-21-13-7-16(8-13)4-5-16;1-2/h3,6,9,13H,1,4-5,7-8,10H2,2H3,(H,18,19);1-2H3. The molecular formula is C18H26N2O3. The molecule has 2 saturated carbocycles. The number of pyridine rings is 1. The number of anilines is 1. The summed E-state index contributed by atoms with van der Waals surface area (Å²) in [4.78, 5) is 15.5. The van der Waals surface area contributed by atoms with E-state index in [0.29, 0.717) is 29.7 Å². The second-order valence-electron chi connectivity index (χ2n) is 5.93. The molecule has 5 heteroatoms. The van der Waals surface area contributed by atoms with E-state index in [9.17, 15) is 4.79 Å². The Labute approximate surface area is 138 Å². The normalized spacial score (nSPS) is 17.5. The van der Waals surface area contributed by atoms with E-state index in [2.05, 4.69) is 16.9 Å². The number of carbonyl (C=O) groups excluding carboxylic acids is 1. The highest BCUT2D eigenvalue weighted by Crippen LogP contribution is 2.61. The lowest BCUT2D eigenvalue weighted by atomic mass is 9.79. The molecule has 0 unspecified atom stereocenters. The van der Waals surface area contributed by atoms with E-state index in [1.54, 1.807) is 13.3 Å². The number of amides is 1. The Balaban J connectivity index is 0.000000924. The van der Waals surface area contributed by atoms with Gasteiger partial charge in [-0.05, 0) is 43.2 Å². The van der Waals surface area contributed by atoms with Crippen molar-refractivity contribution in [2.24, 2.45) is 5.41 Å². The van der Waals surface area contributed by atoms with Crippen molar-refractivity contribution in [2.75, 3.05) is 12.4 Å². The molecule has 1 heterocycles. The summed E-state index contributed by atoms with van der Waals surface area (Å²) in [7, 11) is 1.58. The summed E-state index contributed by atoms with van der Waals surface area (Å²) < 4.78 is 11.2. The Morgan fingerprint density at radius 2 is 2.17 bits per heavy atom. The molecule has 2 aliphatic rings. The van der Waals surface area contributed by atoms with E-state index < -0.39 is 0 Å². The summed E-state index contributed by atoms with van der Waals surface area (Å²) in [5.74, 6) is 0.274. The molecule has 0 aromatic carbocycles. The molecule has 2 fully saturated rings. The molecule has 0 atom stereocenters. The summed E-state index contributed by atoms with van der Waals surface area (Å²) in [6, 6.07) is 1.83. The lowest BCUT2D eigenvalue weighted by Gasteiger charge is -2.35. The first-order chi connectivity index (χ1) is 11.1. The number of rotatable bonds is 6. The molecule has 0 bridgehead atoms. The Morgan fingerprint density at radius 1 is 1.48 bits per heavy atom. The molecule has 1 aromatic rings. The van der Waals surface area contributed by atoms with Crippen molar-refractivity contribution in [3.8, 4) is 5.88 Å². The molecule has 3 rings (SSSR count). The third kappa shape index (κ3) is 4.32. The van der Waals surface area contributed by atoms with Crippen LogP contribution in [0.3, 0.4) is 0 Å². The van der Waals surface area contributed by atoms with Gasteiger partial charge in [0.15, 0.2) is 0 Å². The summed E-state index contributed by atoms with van der Waals surface area (Å²) in [5.41, 5.74) is 2.09. The Bertz CT molecular complexity index is 559. The molecule has 1 spiro atoms. The smallest absolute Gasteiger partial charge is 0.247 e. The topological polar surface area (TPSA) is 60.5 Å². The van der Waals surface area contributed by atoms with Crippen LogP contribution in [-0.2, 0) is 16.1 Å². The number of carbonyl (C=O) groups is 1. The highest BCUT2D eigenvalue weighted by atomic mass is 16.5. The summed E-state index contributed by atoms with van der Waals surface area (Å²) in [5, 5.41) is 2.69. The van der Waals surface area contributed by atoms with Gasteiger partial charge >= 0.3 is 0 Å². The minimum atomic E-state index is -0.261. The quantitative estimate of drug-likeness (QED) is 0.812. The van der Waals surface area contributed by atoms with Crippen molar-refractivity contribution in [3.63, 3.8) is 0 Å². The van der Waals surface area contributed by atoms with Crippen molar-refractivity contribution in [3.05, 3.63) is 30.5 Å². The zero-order valence-electron chi connectivity index (χ0n) is 14.2. The molecule has 1 aromatic heterocycles. The zero-order valence-corrected chi connectivity index (χ0v) is 14.2. The van der Waals surface area contributed by atoms with Crippen LogP contribution in [0.15, 0.2) is 24.9 Å². The van der Waals surface area contributed by atoms with Crippen LogP contribution < -0.4 is 10.1 Å². The maximum atomic E-state index is 11.3. The van der Waals surface area contributed by atoms with E-state index >= 15 is 0 Å². The Morgan fingerprint density at radius 3 is 2.74 bits per heavy atom. The first-order valence-electron chi connectivity index (χ1n) is 8.22. The van der Waals surface area contributed by atoms with Crippen LogP contribution in [0.1, 0.15) is 45.1 Å².